The Morgan fingerprint density at radius 1 is 1.53 bits per heavy atom. The van der Waals surface area contributed by atoms with E-state index in [1.165, 1.54) is 0 Å². The lowest BCUT2D eigenvalue weighted by molar-refractivity contribution is -0.145. The molecule has 0 aromatic heterocycles. The quantitative estimate of drug-likeness (QED) is 0.678. The summed E-state index contributed by atoms with van der Waals surface area (Å²) in [6.45, 7) is 7.68. The van der Waals surface area contributed by atoms with Crippen molar-refractivity contribution in [3.05, 3.63) is 0 Å². The lowest BCUT2D eigenvalue weighted by Crippen LogP contribution is -2.57. The van der Waals surface area contributed by atoms with Gasteiger partial charge >= 0.3 is 5.97 Å². The molecule has 0 spiro atoms. The number of nitrogens with zero attached hydrogens (tertiary/aromatic N) is 1. The molecular formula is C13H26N2O2. The van der Waals surface area contributed by atoms with Crippen molar-refractivity contribution in [2.24, 2.45) is 5.92 Å². The van der Waals surface area contributed by atoms with Gasteiger partial charge in [-0.15, -0.1) is 0 Å². The number of rotatable bonds is 8. The van der Waals surface area contributed by atoms with Crippen LogP contribution < -0.4 is 5.32 Å². The van der Waals surface area contributed by atoms with E-state index < -0.39 is 11.5 Å². The summed E-state index contributed by atoms with van der Waals surface area (Å²) in [6, 6.07) is 0.412. The van der Waals surface area contributed by atoms with Crippen LogP contribution in [-0.2, 0) is 4.79 Å². The Morgan fingerprint density at radius 2 is 2.12 bits per heavy atom. The lowest BCUT2D eigenvalue weighted by atomic mass is 10.0. The third kappa shape index (κ3) is 5.04. The highest BCUT2D eigenvalue weighted by atomic mass is 16.4. The summed E-state index contributed by atoms with van der Waals surface area (Å²) in [4.78, 5) is 13.5. The van der Waals surface area contributed by atoms with E-state index >= 15 is 0 Å². The Morgan fingerprint density at radius 3 is 2.53 bits per heavy atom. The summed E-state index contributed by atoms with van der Waals surface area (Å²) in [5.74, 6) is -0.0919. The molecule has 4 nitrogen and oxygen atoms in total. The number of nitrogens with one attached hydrogen (secondary N) is 1. The third-order valence-electron chi connectivity index (χ3n) is 3.25. The van der Waals surface area contributed by atoms with Gasteiger partial charge in [-0.05, 0) is 45.7 Å². The van der Waals surface area contributed by atoms with E-state index in [9.17, 15) is 9.90 Å². The van der Waals surface area contributed by atoms with E-state index in [0.29, 0.717) is 18.5 Å². The number of hydrogen-bond acceptors (Lipinski definition) is 3. The number of likely N-dealkylation sites (N-methyl/N-ethyl adjacent to an activating group) is 1. The second kappa shape index (κ2) is 5.83. The first-order chi connectivity index (χ1) is 7.83. The van der Waals surface area contributed by atoms with Crippen molar-refractivity contribution < 1.29 is 9.90 Å². The van der Waals surface area contributed by atoms with Gasteiger partial charge in [0.2, 0.25) is 0 Å². The van der Waals surface area contributed by atoms with Gasteiger partial charge in [-0.3, -0.25) is 10.1 Å². The summed E-state index contributed by atoms with van der Waals surface area (Å²) in [7, 11) is 2.00. The van der Waals surface area contributed by atoms with Crippen molar-refractivity contribution in [2.45, 2.75) is 51.6 Å². The highest BCUT2D eigenvalue weighted by Gasteiger charge is 2.39. The van der Waals surface area contributed by atoms with Crippen LogP contribution in [0.2, 0.25) is 0 Å². The number of carboxylic acid groups (broad SMARTS) is 1. The fraction of sp³-hybridized carbons (Fsp3) is 0.923. The van der Waals surface area contributed by atoms with Crippen LogP contribution in [0.1, 0.15) is 40.0 Å². The van der Waals surface area contributed by atoms with E-state index in [2.05, 4.69) is 24.1 Å². The zero-order valence-electron chi connectivity index (χ0n) is 11.5. The Labute approximate surface area is 104 Å². The number of carbonyl (C=O) groups is 1. The van der Waals surface area contributed by atoms with E-state index in [4.69, 9.17) is 0 Å². The van der Waals surface area contributed by atoms with Crippen LogP contribution in [-0.4, -0.2) is 47.7 Å². The van der Waals surface area contributed by atoms with E-state index in [1.807, 2.05) is 7.05 Å². The molecule has 0 aliphatic heterocycles. The zero-order valence-corrected chi connectivity index (χ0v) is 11.5. The van der Waals surface area contributed by atoms with Gasteiger partial charge < -0.3 is 10.0 Å². The highest BCUT2D eigenvalue weighted by Crippen LogP contribution is 2.23. The van der Waals surface area contributed by atoms with Crippen LogP contribution >= 0.6 is 0 Å². The second-order valence-corrected chi connectivity index (χ2v) is 5.98. The minimum atomic E-state index is -0.813. The van der Waals surface area contributed by atoms with Gasteiger partial charge in [-0.25, -0.2) is 0 Å². The number of aliphatic carboxylic acids is 1. The molecule has 1 fully saturated rings. The fourth-order valence-corrected chi connectivity index (χ4v) is 1.95. The predicted molar refractivity (Wildman–Crippen MR) is 69.2 cm³/mol. The van der Waals surface area contributed by atoms with Crippen LogP contribution in [0, 0.1) is 5.92 Å². The van der Waals surface area contributed by atoms with E-state index in [1.54, 1.807) is 6.92 Å². The SMILES string of the molecule is CC(C)CCN(C)CC(C)(NC1CC1)C(=O)O. The summed E-state index contributed by atoms with van der Waals surface area (Å²) < 4.78 is 0. The predicted octanol–water partition coefficient (Wildman–Crippen LogP) is 1.56. The van der Waals surface area contributed by atoms with Crippen LogP contribution in [0.5, 0.6) is 0 Å². The minimum absolute atomic E-state index is 0.412. The summed E-state index contributed by atoms with van der Waals surface area (Å²) in [5, 5.41) is 12.6. The molecule has 100 valence electrons. The molecular weight excluding hydrogens is 216 g/mol. The van der Waals surface area contributed by atoms with Crippen molar-refractivity contribution in [1.82, 2.24) is 10.2 Å². The molecule has 1 unspecified atom stereocenters. The Kier molecular flexibility index (Phi) is 4.95. The molecule has 1 aliphatic carbocycles. The first-order valence-electron chi connectivity index (χ1n) is 6.53. The number of carboxylic acids is 1. The zero-order chi connectivity index (χ0) is 13.1. The van der Waals surface area contributed by atoms with Gasteiger partial charge in [0.15, 0.2) is 0 Å². The van der Waals surface area contributed by atoms with Crippen molar-refractivity contribution in [3.63, 3.8) is 0 Å². The molecule has 0 aromatic carbocycles. The molecule has 0 saturated heterocycles. The smallest absolute Gasteiger partial charge is 0.324 e. The Hall–Kier alpha value is -0.610. The maximum absolute atomic E-state index is 11.4. The topological polar surface area (TPSA) is 52.6 Å². The molecule has 4 heteroatoms. The molecule has 0 bridgehead atoms. The van der Waals surface area contributed by atoms with Gasteiger partial charge in [0.25, 0.3) is 0 Å². The third-order valence-corrected chi connectivity index (χ3v) is 3.25. The largest absolute Gasteiger partial charge is 0.480 e. The highest BCUT2D eigenvalue weighted by molar-refractivity contribution is 5.78. The van der Waals surface area contributed by atoms with Crippen molar-refractivity contribution in [2.75, 3.05) is 20.1 Å². The van der Waals surface area contributed by atoms with Gasteiger partial charge in [0.05, 0.1) is 0 Å². The Bertz CT molecular complexity index is 264. The van der Waals surface area contributed by atoms with Gasteiger partial charge in [-0.1, -0.05) is 13.8 Å². The average molecular weight is 242 g/mol. The molecule has 2 N–H and O–H groups in total. The average Bonchev–Trinajstić information content (AvgIpc) is 2.98. The second-order valence-electron chi connectivity index (χ2n) is 5.98. The van der Waals surface area contributed by atoms with E-state index in [-0.39, 0.29) is 0 Å². The first-order valence-corrected chi connectivity index (χ1v) is 6.53. The van der Waals surface area contributed by atoms with E-state index in [0.717, 1.165) is 25.8 Å². The maximum atomic E-state index is 11.4. The van der Waals surface area contributed by atoms with Crippen molar-refractivity contribution >= 4 is 5.97 Å². The first kappa shape index (κ1) is 14.5. The summed E-state index contributed by atoms with van der Waals surface area (Å²) >= 11 is 0. The van der Waals surface area contributed by atoms with Crippen LogP contribution in [0.3, 0.4) is 0 Å². The lowest BCUT2D eigenvalue weighted by Gasteiger charge is -2.31. The maximum Gasteiger partial charge on any atom is 0.324 e. The summed E-state index contributed by atoms with van der Waals surface area (Å²) in [6.07, 6.45) is 3.33. The van der Waals surface area contributed by atoms with Crippen LogP contribution in [0.25, 0.3) is 0 Å². The van der Waals surface area contributed by atoms with Crippen molar-refractivity contribution in [1.29, 1.82) is 0 Å². The number of hydrogen-bond donors (Lipinski definition) is 2. The van der Waals surface area contributed by atoms with Gasteiger partial charge in [0.1, 0.15) is 5.54 Å². The molecule has 1 saturated carbocycles. The van der Waals surface area contributed by atoms with Gasteiger partial charge in [0, 0.05) is 12.6 Å². The Balaban J connectivity index is 2.44. The molecule has 0 radical (unpaired) electrons. The molecule has 1 aliphatic rings. The molecule has 0 amide bonds. The molecule has 0 heterocycles. The summed E-state index contributed by atoms with van der Waals surface area (Å²) in [5.41, 5.74) is -0.813. The van der Waals surface area contributed by atoms with Crippen LogP contribution in [0.4, 0.5) is 0 Å². The molecule has 0 aromatic rings. The normalized spacial score (nSPS) is 19.6. The van der Waals surface area contributed by atoms with Crippen LogP contribution in [0.15, 0.2) is 0 Å². The fourth-order valence-electron chi connectivity index (χ4n) is 1.95. The standard InChI is InChI=1S/C13H26N2O2/c1-10(2)7-8-15(4)9-13(3,12(16)17)14-11-5-6-11/h10-11,14H,5-9H2,1-4H3,(H,16,17). The molecule has 17 heavy (non-hydrogen) atoms. The monoisotopic (exact) mass is 242 g/mol. The molecule has 1 rings (SSSR count). The molecule has 1 atom stereocenters. The van der Waals surface area contributed by atoms with Gasteiger partial charge in [-0.2, -0.15) is 0 Å². The van der Waals surface area contributed by atoms with Crippen molar-refractivity contribution in [3.8, 4) is 0 Å². The minimum Gasteiger partial charge on any atom is -0.480 e.